The third-order valence-corrected chi connectivity index (χ3v) is 6.30. The van der Waals surface area contributed by atoms with E-state index in [0.29, 0.717) is 17.8 Å². The van der Waals surface area contributed by atoms with Gasteiger partial charge in [0.1, 0.15) is 0 Å². The van der Waals surface area contributed by atoms with Crippen LogP contribution in [0.3, 0.4) is 0 Å². The van der Waals surface area contributed by atoms with E-state index < -0.39 is 12.2 Å². The average Bonchev–Trinajstić information content (AvgIpc) is 2.50. The minimum Gasteiger partial charge on any atom is -0.390 e. The summed E-state index contributed by atoms with van der Waals surface area (Å²) in [6.45, 7) is 9.14. The lowest BCUT2D eigenvalue weighted by Gasteiger charge is -2.44. The van der Waals surface area contributed by atoms with E-state index in [4.69, 9.17) is 0 Å². The van der Waals surface area contributed by atoms with Crippen molar-refractivity contribution in [2.75, 3.05) is 0 Å². The fraction of sp³-hybridized carbons (Fsp3) is 1.00. The van der Waals surface area contributed by atoms with Crippen molar-refractivity contribution in [1.29, 1.82) is 0 Å². The second-order valence-electron chi connectivity index (χ2n) is 7.44. The first-order valence-electron chi connectivity index (χ1n) is 8.31. The van der Waals surface area contributed by atoms with Crippen LogP contribution in [0.2, 0.25) is 0 Å². The zero-order chi connectivity index (χ0) is 14.2. The van der Waals surface area contributed by atoms with Crippen LogP contribution in [0, 0.1) is 35.5 Å². The predicted molar refractivity (Wildman–Crippen MR) is 78.7 cm³/mol. The second kappa shape index (κ2) is 6.13. The molecule has 0 aromatic rings. The molecule has 0 heterocycles. The Balaban J connectivity index is 2.21. The van der Waals surface area contributed by atoms with Gasteiger partial charge in [-0.05, 0) is 54.8 Å². The number of rotatable bonds is 2. The molecule has 19 heavy (non-hydrogen) atoms. The Kier molecular flexibility index (Phi) is 4.94. The van der Waals surface area contributed by atoms with Gasteiger partial charge < -0.3 is 10.2 Å². The lowest BCUT2D eigenvalue weighted by molar-refractivity contribution is -0.0174. The van der Waals surface area contributed by atoms with E-state index in [2.05, 4.69) is 27.7 Å². The predicted octanol–water partition coefficient (Wildman–Crippen LogP) is 3.46. The van der Waals surface area contributed by atoms with Gasteiger partial charge in [0.15, 0.2) is 0 Å². The molecule has 0 aromatic carbocycles. The first-order valence-corrected chi connectivity index (χ1v) is 8.31. The van der Waals surface area contributed by atoms with Crippen molar-refractivity contribution < 1.29 is 10.2 Å². The molecule has 2 N–H and O–H groups in total. The molecule has 2 nitrogen and oxygen atoms in total. The summed E-state index contributed by atoms with van der Waals surface area (Å²) >= 11 is 0. The smallest absolute Gasteiger partial charge is 0.0824 e. The summed E-state index contributed by atoms with van der Waals surface area (Å²) < 4.78 is 0. The Morgan fingerprint density at radius 1 is 1.00 bits per heavy atom. The van der Waals surface area contributed by atoms with Crippen molar-refractivity contribution in [3.05, 3.63) is 0 Å². The van der Waals surface area contributed by atoms with E-state index >= 15 is 0 Å². The molecular formula is C17H32O2. The van der Waals surface area contributed by atoms with Gasteiger partial charge in [-0.3, -0.25) is 0 Å². The average molecular weight is 268 g/mol. The lowest BCUT2D eigenvalue weighted by atomic mass is 9.61. The van der Waals surface area contributed by atoms with E-state index in [9.17, 15) is 10.2 Å². The molecule has 8 atom stereocenters. The fourth-order valence-electron chi connectivity index (χ4n) is 4.76. The maximum absolute atomic E-state index is 10.2. The van der Waals surface area contributed by atoms with Crippen molar-refractivity contribution in [2.24, 2.45) is 35.5 Å². The highest BCUT2D eigenvalue weighted by Gasteiger charge is 2.44. The normalized spacial score (nSPS) is 49.3. The number of aliphatic hydroxyl groups is 2. The Morgan fingerprint density at radius 2 is 1.68 bits per heavy atom. The van der Waals surface area contributed by atoms with Crippen LogP contribution in [0.15, 0.2) is 0 Å². The van der Waals surface area contributed by atoms with Gasteiger partial charge in [-0.2, -0.15) is 0 Å². The SMILES string of the molecule is CCC(C)C1CCC(C)C2CC(O)C(O)C(C)CC12. The van der Waals surface area contributed by atoms with Crippen molar-refractivity contribution >= 4 is 0 Å². The third-order valence-electron chi connectivity index (χ3n) is 6.30. The largest absolute Gasteiger partial charge is 0.390 e. The minimum atomic E-state index is -0.518. The lowest BCUT2D eigenvalue weighted by Crippen LogP contribution is -2.37. The molecule has 0 amide bonds. The number of hydrogen-bond donors (Lipinski definition) is 2. The molecular weight excluding hydrogens is 236 g/mol. The highest BCUT2D eigenvalue weighted by molar-refractivity contribution is 4.94. The molecule has 0 aliphatic heterocycles. The molecule has 8 unspecified atom stereocenters. The van der Waals surface area contributed by atoms with Crippen molar-refractivity contribution in [3.63, 3.8) is 0 Å². The van der Waals surface area contributed by atoms with Gasteiger partial charge in [-0.1, -0.05) is 40.5 Å². The maximum atomic E-state index is 10.2. The van der Waals surface area contributed by atoms with Crippen molar-refractivity contribution in [2.45, 2.75) is 72.0 Å². The molecule has 0 bridgehead atoms. The summed E-state index contributed by atoms with van der Waals surface area (Å²) in [4.78, 5) is 0. The maximum Gasteiger partial charge on any atom is 0.0824 e. The van der Waals surface area contributed by atoms with Gasteiger partial charge in [0.05, 0.1) is 12.2 Å². The summed E-state index contributed by atoms with van der Waals surface area (Å²) in [6.07, 6.45) is 4.77. The topological polar surface area (TPSA) is 40.5 Å². The Labute approximate surface area is 118 Å². The van der Waals surface area contributed by atoms with Crippen LogP contribution in [0.1, 0.15) is 59.8 Å². The van der Waals surface area contributed by atoms with Crippen LogP contribution in [-0.2, 0) is 0 Å². The van der Waals surface area contributed by atoms with Gasteiger partial charge in [0, 0.05) is 0 Å². The van der Waals surface area contributed by atoms with Crippen molar-refractivity contribution in [1.82, 2.24) is 0 Å². The molecule has 0 radical (unpaired) electrons. The third kappa shape index (κ3) is 3.00. The summed E-state index contributed by atoms with van der Waals surface area (Å²) in [7, 11) is 0. The first kappa shape index (κ1) is 15.3. The zero-order valence-electron chi connectivity index (χ0n) is 13.0. The van der Waals surface area contributed by atoms with Gasteiger partial charge in [0.25, 0.3) is 0 Å². The summed E-state index contributed by atoms with van der Waals surface area (Å²) in [5.74, 6) is 3.84. The van der Waals surface area contributed by atoms with Crippen LogP contribution in [0.4, 0.5) is 0 Å². The van der Waals surface area contributed by atoms with Gasteiger partial charge >= 0.3 is 0 Å². The van der Waals surface area contributed by atoms with Crippen LogP contribution >= 0.6 is 0 Å². The summed E-state index contributed by atoms with van der Waals surface area (Å²) in [6, 6.07) is 0. The first-order chi connectivity index (χ1) is 8.95. The molecule has 2 heteroatoms. The highest BCUT2D eigenvalue weighted by atomic mass is 16.3. The Morgan fingerprint density at radius 3 is 2.32 bits per heavy atom. The standard InChI is InChI=1S/C17H32O2/c1-5-10(2)13-7-6-11(3)14-9-16(18)17(19)12(4)8-15(13)14/h10-19H,5-9H2,1-4H3. The molecule has 0 spiro atoms. The monoisotopic (exact) mass is 268 g/mol. The fourth-order valence-corrected chi connectivity index (χ4v) is 4.76. The highest BCUT2D eigenvalue weighted by Crippen LogP contribution is 2.49. The van der Waals surface area contributed by atoms with E-state index in [0.717, 1.165) is 24.7 Å². The summed E-state index contributed by atoms with van der Waals surface area (Å²) in [5.41, 5.74) is 0. The van der Waals surface area contributed by atoms with E-state index in [1.807, 2.05) is 0 Å². The van der Waals surface area contributed by atoms with Crippen LogP contribution in [0.25, 0.3) is 0 Å². The van der Waals surface area contributed by atoms with Crippen LogP contribution in [-0.4, -0.2) is 22.4 Å². The number of fused-ring (bicyclic) bond motifs is 1. The van der Waals surface area contributed by atoms with Gasteiger partial charge in [-0.15, -0.1) is 0 Å². The van der Waals surface area contributed by atoms with Crippen molar-refractivity contribution in [3.8, 4) is 0 Å². The van der Waals surface area contributed by atoms with E-state index in [1.165, 1.54) is 19.3 Å². The number of aliphatic hydroxyl groups excluding tert-OH is 2. The molecule has 2 aliphatic rings. The minimum absolute atomic E-state index is 0.238. The second-order valence-corrected chi connectivity index (χ2v) is 7.44. The molecule has 0 aromatic heterocycles. The molecule has 112 valence electrons. The molecule has 2 fully saturated rings. The summed E-state index contributed by atoms with van der Waals surface area (Å²) in [5, 5.41) is 20.4. The number of hydrogen-bond acceptors (Lipinski definition) is 2. The Hall–Kier alpha value is -0.0800. The molecule has 2 aliphatic carbocycles. The quantitative estimate of drug-likeness (QED) is 0.805. The van der Waals surface area contributed by atoms with E-state index in [-0.39, 0.29) is 5.92 Å². The van der Waals surface area contributed by atoms with Crippen LogP contribution < -0.4 is 0 Å². The molecule has 2 saturated carbocycles. The van der Waals surface area contributed by atoms with Gasteiger partial charge in [-0.25, -0.2) is 0 Å². The van der Waals surface area contributed by atoms with Crippen LogP contribution in [0.5, 0.6) is 0 Å². The molecule has 0 saturated heterocycles. The van der Waals surface area contributed by atoms with E-state index in [1.54, 1.807) is 0 Å². The zero-order valence-corrected chi connectivity index (χ0v) is 13.0. The Bertz CT molecular complexity index is 291. The van der Waals surface area contributed by atoms with Gasteiger partial charge in [0.2, 0.25) is 0 Å². The molecule has 2 rings (SSSR count).